The fourth-order valence-corrected chi connectivity index (χ4v) is 9.34. The lowest BCUT2D eigenvalue weighted by molar-refractivity contribution is 1.26. The molecule has 0 N–H and O–H groups in total. The second kappa shape index (κ2) is 9.64. The van der Waals surface area contributed by atoms with E-state index < -0.39 is 8.07 Å². The molecule has 0 radical (unpaired) electrons. The molecule has 0 aromatic heterocycles. The topological polar surface area (TPSA) is 6.48 Å². The van der Waals surface area contributed by atoms with Gasteiger partial charge in [-0.05, 0) is 52.8 Å². The Kier molecular flexibility index (Phi) is 5.73. The minimum atomic E-state index is -2.06. The van der Waals surface area contributed by atoms with Gasteiger partial charge in [0.25, 0.3) is 6.71 Å². The summed E-state index contributed by atoms with van der Waals surface area (Å²) in [6.07, 6.45) is 0. The highest BCUT2D eigenvalue weighted by Crippen LogP contribution is 2.43. The van der Waals surface area contributed by atoms with Crippen molar-refractivity contribution in [1.29, 1.82) is 0 Å². The first-order chi connectivity index (χ1) is 20.6. The highest BCUT2D eigenvalue weighted by atomic mass is 28.3. The van der Waals surface area contributed by atoms with Gasteiger partial charge in [-0.15, -0.1) is 0 Å². The molecule has 0 saturated heterocycles. The van der Waals surface area contributed by atoms with E-state index in [1.165, 1.54) is 60.9 Å². The van der Waals surface area contributed by atoms with Crippen LogP contribution < -0.4 is 36.6 Å². The third-order valence-corrected chi connectivity index (χ3v) is 12.6. The second-order valence-electron chi connectivity index (χ2n) is 11.8. The van der Waals surface area contributed by atoms with Crippen molar-refractivity contribution in [1.82, 2.24) is 0 Å². The van der Waals surface area contributed by atoms with Crippen molar-refractivity contribution >= 4 is 75.7 Å². The Morgan fingerprint density at radius 3 is 1.31 bits per heavy atom. The van der Waals surface area contributed by atoms with Gasteiger partial charge in [-0.25, -0.2) is 0 Å². The van der Waals surface area contributed by atoms with Gasteiger partial charge < -0.3 is 9.80 Å². The van der Waals surface area contributed by atoms with Crippen LogP contribution in [-0.2, 0) is 0 Å². The summed E-state index contributed by atoms with van der Waals surface area (Å²) in [5.74, 6) is 0. The fraction of sp³-hybridized carbons (Fsp3) is 0.0526. The minimum Gasteiger partial charge on any atom is -0.312 e. The van der Waals surface area contributed by atoms with Crippen molar-refractivity contribution in [2.24, 2.45) is 0 Å². The third kappa shape index (κ3) is 3.72. The van der Waals surface area contributed by atoms with Crippen molar-refractivity contribution in [3.63, 3.8) is 0 Å². The number of benzene rings is 6. The zero-order valence-electron chi connectivity index (χ0n) is 23.9. The SMILES string of the molecule is C[Si-](C)(c1ccccc1)c1cc2c3c(c1)N(c1ccccc1)c1ccccc1B3c1ccccc1N2c1ccccc1. The maximum absolute atomic E-state index is 2.52. The van der Waals surface area contributed by atoms with Gasteiger partial charge in [-0.2, -0.15) is 23.5 Å². The van der Waals surface area contributed by atoms with Gasteiger partial charge in [-0.3, -0.25) is 0 Å². The largest absolute Gasteiger partial charge is 0.312 e. The van der Waals surface area contributed by atoms with Crippen LogP contribution >= 0.6 is 0 Å². The maximum Gasteiger partial charge on any atom is 0.252 e. The molecule has 0 aliphatic carbocycles. The minimum absolute atomic E-state index is 0.151. The zero-order valence-corrected chi connectivity index (χ0v) is 24.9. The molecule has 42 heavy (non-hydrogen) atoms. The predicted octanol–water partition coefficient (Wildman–Crippen LogP) is 6.59. The molecule has 4 heteroatoms. The molecule has 0 fully saturated rings. The van der Waals surface area contributed by atoms with Crippen LogP contribution in [0.5, 0.6) is 0 Å². The molecule has 0 unspecified atom stereocenters. The molecule has 2 heterocycles. The number of rotatable bonds is 4. The van der Waals surface area contributed by atoms with Crippen LogP contribution in [0.3, 0.4) is 0 Å². The molecule has 0 saturated carbocycles. The third-order valence-electron chi connectivity index (χ3n) is 9.13. The van der Waals surface area contributed by atoms with Gasteiger partial charge in [0.1, 0.15) is 0 Å². The van der Waals surface area contributed by atoms with Crippen LogP contribution in [0.1, 0.15) is 0 Å². The van der Waals surface area contributed by atoms with E-state index in [4.69, 9.17) is 0 Å². The Labute approximate surface area is 249 Å². The molecule has 201 valence electrons. The number of hydrogen-bond donors (Lipinski definition) is 0. The Hall–Kier alpha value is -4.80. The Balaban J connectivity index is 1.50. The van der Waals surface area contributed by atoms with E-state index in [0.717, 1.165) is 0 Å². The molecule has 0 spiro atoms. The summed E-state index contributed by atoms with van der Waals surface area (Å²) in [6.45, 7) is 5.13. The van der Waals surface area contributed by atoms with E-state index in [0.29, 0.717) is 0 Å². The summed E-state index contributed by atoms with van der Waals surface area (Å²) in [6, 6.07) is 55.9. The molecular weight excluding hydrogens is 523 g/mol. The highest BCUT2D eigenvalue weighted by molar-refractivity contribution is 7.02. The summed E-state index contributed by atoms with van der Waals surface area (Å²) < 4.78 is 0. The number of anilines is 6. The van der Waals surface area contributed by atoms with Gasteiger partial charge in [0.15, 0.2) is 0 Å². The average molecular weight is 555 g/mol. The van der Waals surface area contributed by atoms with E-state index >= 15 is 0 Å². The van der Waals surface area contributed by atoms with E-state index in [9.17, 15) is 0 Å². The van der Waals surface area contributed by atoms with Gasteiger partial charge in [-0.1, -0.05) is 123 Å². The molecule has 0 bridgehead atoms. The van der Waals surface area contributed by atoms with Crippen LogP contribution in [0.4, 0.5) is 34.1 Å². The molecule has 6 aromatic carbocycles. The summed E-state index contributed by atoms with van der Waals surface area (Å²) in [5, 5.41) is 2.88. The lowest BCUT2D eigenvalue weighted by Crippen LogP contribution is -2.62. The molecule has 8 rings (SSSR count). The Morgan fingerprint density at radius 1 is 0.429 bits per heavy atom. The summed E-state index contributed by atoms with van der Waals surface area (Å²) in [4.78, 5) is 5.00. The molecule has 2 aliphatic rings. The van der Waals surface area contributed by atoms with Crippen molar-refractivity contribution in [3.05, 3.63) is 152 Å². The van der Waals surface area contributed by atoms with Crippen molar-refractivity contribution in [2.75, 3.05) is 9.80 Å². The van der Waals surface area contributed by atoms with Gasteiger partial charge in [0.05, 0.1) is 0 Å². The standard InChI is InChI=1S/C38H31BN2Si/c1-42(2,30-20-10-5-11-21-30)31-26-36-38-37(27-31)41(29-18-8-4-9-19-29)35-25-15-13-23-33(35)39(38)32-22-12-14-24-34(32)40(36)28-16-6-3-7-17-28/h3-27H,1-2H3/q-1. The van der Waals surface area contributed by atoms with Crippen LogP contribution in [0.2, 0.25) is 13.1 Å². The lowest BCUT2D eigenvalue weighted by atomic mass is 9.33. The van der Waals surface area contributed by atoms with E-state index in [1.807, 2.05) is 0 Å². The second-order valence-corrected chi connectivity index (χ2v) is 16.2. The van der Waals surface area contributed by atoms with Gasteiger partial charge in [0.2, 0.25) is 0 Å². The normalized spacial score (nSPS) is 13.3. The van der Waals surface area contributed by atoms with Crippen molar-refractivity contribution in [3.8, 4) is 0 Å². The number of fused-ring (bicyclic) bond motifs is 4. The molecule has 2 aliphatic heterocycles. The van der Waals surface area contributed by atoms with Crippen LogP contribution in [-0.4, -0.2) is 14.8 Å². The molecule has 2 nitrogen and oxygen atoms in total. The average Bonchev–Trinajstić information content (AvgIpc) is 3.05. The monoisotopic (exact) mass is 554 g/mol. The predicted molar refractivity (Wildman–Crippen MR) is 184 cm³/mol. The van der Waals surface area contributed by atoms with E-state index in [2.05, 4.69) is 175 Å². The quantitative estimate of drug-likeness (QED) is 0.227. The highest BCUT2D eigenvalue weighted by Gasteiger charge is 2.43. The first-order valence-corrected chi connectivity index (χ1v) is 17.7. The maximum atomic E-state index is 2.52. The molecule has 6 aromatic rings. The summed E-state index contributed by atoms with van der Waals surface area (Å²) >= 11 is 0. The zero-order chi connectivity index (χ0) is 28.3. The summed E-state index contributed by atoms with van der Waals surface area (Å²) in [7, 11) is -2.06. The van der Waals surface area contributed by atoms with Gasteiger partial charge >= 0.3 is 0 Å². The van der Waals surface area contributed by atoms with Crippen LogP contribution in [0, 0.1) is 0 Å². The smallest absolute Gasteiger partial charge is 0.252 e. The van der Waals surface area contributed by atoms with Crippen LogP contribution in [0.15, 0.2) is 152 Å². The number of para-hydroxylation sites is 4. The molecule has 0 atom stereocenters. The van der Waals surface area contributed by atoms with Crippen LogP contribution in [0.25, 0.3) is 0 Å². The fourth-order valence-electron chi connectivity index (χ4n) is 6.99. The van der Waals surface area contributed by atoms with Crippen molar-refractivity contribution in [2.45, 2.75) is 13.1 Å². The Bertz CT molecular complexity index is 1810. The number of nitrogens with zero attached hydrogens (tertiary/aromatic N) is 2. The van der Waals surface area contributed by atoms with Gasteiger partial charge in [0, 0.05) is 34.1 Å². The molecule has 0 amide bonds. The summed E-state index contributed by atoms with van der Waals surface area (Å²) in [5.41, 5.74) is 11.5. The van der Waals surface area contributed by atoms with E-state index in [-0.39, 0.29) is 6.71 Å². The number of hydrogen-bond acceptors (Lipinski definition) is 2. The first kappa shape index (κ1) is 25.0. The lowest BCUT2D eigenvalue weighted by Gasteiger charge is -2.46. The molecular formula is C38H31BN2Si-. The van der Waals surface area contributed by atoms with E-state index in [1.54, 1.807) is 0 Å². The first-order valence-electron chi connectivity index (χ1n) is 14.7. The van der Waals surface area contributed by atoms with Crippen molar-refractivity contribution < 1.29 is 0 Å². The Morgan fingerprint density at radius 2 is 0.833 bits per heavy atom.